The number of amides is 1. The molecular formula is C19H27ClN2O5S. The zero-order chi connectivity index (χ0) is 20.3. The summed E-state index contributed by atoms with van der Waals surface area (Å²) in [6.07, 6.45) is 1.49. The Morgan fingerprint density at radius 2 is 1.93 bits per heavy atom. The van der Waals surface area contributed by atoms with Crippen LogP contribution in [0, 0.1) is 5.92 Å². The fraction of sp³-hybridized carbons (Fsp3) is 0.632. The fourth-order valence-corrected chi connectivity index (χ4v) is 5.46. The Hall–Kier alpha value is -1.19. The maximum atomic E-state index is 13.1. The highest BCUT2D eigenvalue weighted by Crippen LogP contribution is 2.29. The first kappa shape index (κ1) is 21.5. The van der Waals surface area contributed by atoms with Crippen LogP contribution in [0.2, 0.25) is 5.02 Å². The minimum atomic E-state index is -3.66. The number of rotatable bonds is 6. The summed E-state index contributed by atoms with van der Waals surface area (Å²) >= 11 is 6.27. The summed E-state index contributed by atoms with van der Waals surface area (Å²) in [6, 6.07) is 4.33. The smallest absolute Gasteiger partial charge is 0.255 e. The van der Waals surface area contributed by atoms with Crippen molar-refractivity contribution in [2.75, 3.05) is 39.4 Å². The molecule has 0 spiro atoms. The lowest BCUT2D eigenvalue weighted by Gasteiger charge is -2.35. The lowest BCUT2D eigenvalue weighted by molar-refractivity contribution is -0.0969. The van der Waals surface area contributed by atoms with Crippen LogP contribution in [0.5, 0.6) is 0 Å². The van der Waals surface area contributed by atoms with E-state index in [-0.39, 0.29) is 33.6 Å². The minimum absolute atomic E-state index is 0.0833. The molecule has 1 amide bonds. The molecule has 156 valence electrons. The molecule has 2 heterocycles. The van der Waals surface area contributed by atoms with Crippen molar-refractivity contribution in [1.82, 2.24) is 9.21 Å². The van der Waals surface area contributed by atoms with Crippen molar-refractivity contribution in [1.29, 1.82) is 0 Å². The number of carbonyl (C=O) groups excluding carboxylic acids is 1. The first-order chi connectivity index (χ1) is 13.4. The number of hydrogen-bond donors (Lipinski definition) is 0. The number of carbonyl (C=O) groups is 1. The molecule has 1 unspecified atom stereocenters. The van der Waals surface area contributed by atoms with E-state index in [9.17, 15) is 13.2 Å². The van der Waals surface area contributed by atoms with E-state index >= 15 is 0 Å². The second kappa shape index (κ2) is 9.09. The zero-order valence-electron chi connectivity index (χ0n) is 16.3. The Bertz CT molecular complexity index is 807. The Kier molecular flexibility index (Phi) is 6.98. The molecule has 1 aromatic carbocycles. The molecule has 0 saturated carbocycles. The molecule has 7 nitrogen and oxygen atoms in total. The van der Waals surface area contributed by atoms with Crippen LogP contribution in [0.25, 0.3) is 0 Å². The molecule has 2 saturated heterocycles. The van der Waals surface area contributed by atoms with E-state index in [2.05, 4.69) is 0 Å². The van der Waals surface area contributed by atoms with Gasteiger partial charge in [-0.2, -0.15) is 4.31 Å². The lowest BCUT2D eigenvalue weighted by atomic mass is 9.96. The Labute approximate surface area is 171 Å². The first-order valence-corrected chi connectivity index (χ1v) is 11.5. The molecule has 0 bridgehead atoms. The number of sulfonamides is 1. The van der Waals surface area contributed by atoms with Crippen LogP contribution in [0.15, 0.2) is 23.1 Å². The van der Waals surface area contributed by atoms with Gasteiger partial charge in [0.05, 0.1) is 28.7 Å². The second-order valence-corrected chi connectivity index (χ2v) is 9.34. The average Bonchev–Trinajstić information content (AvgIpc) is 3.23. The quantitative estimate of drug-likeness (QED) is 0.693. The third-order valence-corrected chi connectivity index (χ3v) is 7.66. The molecule has 2 fully saturated rings. The largest absolute Gasteiger partial charge is 0.350 e. The number of hydrogen-bond acceptors (Lipinski definition) is 5. The van der Waals surface area contributed by atoms with Crippen molar-refractivity contribution < 1.29 is 22.7 Å². The topological polar surface area (TPSA) is 76.2 Å². The predicted octanol–water partition coefficient (Wildman–Crippen LogP) is 2.60. The SMILES string of the molecule is CCN(CC)S(=O)(=O)c1ccc(Cl)c(C(=O)N2CCCC(C3OCCO3)C2)c1. The molecule has 1 atom stereocenters. The van der Waals surface area contributed by atoms with Crippen molar-refractivity contribution in [3.63, 3.8) is 0 Å². The zero-order valence-corrected chi connectivity index (χ0v) is 17.8. The van der Waals surface area contributed by atoms with Gasteiger partial charge >= 0.3 is 0 Å². The van der Waals surface area contributed by atoms with Crippen LogP contribution in [0.4, 0.5) is 0 Å². The average molecular weight is 431 g/mol. The van der Waals surface area contributed by atoms with Crippen molar-refractivity contribution >= 4 is 27.5 Å². The summed E-state index contributed by atoms with van der Waals surface area (Å²) in [5, 5.41) is 0.249. The highest BCUT2D eigenvalue weighted by molar-refractivity contribution is 7.89. The van der Waals surface area contributed by atoms with E-state index in [0.717, 1.165) is 12.8 Å². The summed E-state index contributed by atoms with van der Waals surface area (Å²) in [7, 11) is -3.66. The van der Waals surface area contributed by atoms with Gasteiger partial charge in [-0.1, -0.05) is 25.4 Å². The van der Waals surface area contributed by atoms with Crippen LogP contribution < -0.4 is 0 Å². The number of ether oxygens (including phenoxy) is 2. The standard InChI is InChI=1S/C19H27ClN2O5S/c1-3-22(4-2)28(24,25)15-7-8-17(20)16(12-15)18(23)21-9-5-6-14(13-21)19-26-10-11-27-19/h7-8,12,14,19H,3-6,9-11,13H2,1-2H3. The van der Waals surface area contributed by atoms with Gasteiger partial charge in [-0.25, -0.2) is 8.42 Å². The summed E-state index contributed by atoms with van der Waals surface area (Å²) in [6.45, 7) is 6.55. The maximum absolute atomic E-state index is 13.1. The Morgan fingerprint density at radius 1 is 1.25 bits per heavy atom. The number of benzene rings is 1. The van der Waals surface area contributed by atoms with Crippen molar-refractivity contribution in [2.45, 2.75) is 37.9 Å². The highest BCUT2D eigenvalue weighted by Gasteiger charge is 2.34. The van der Waals surface area contributed by atoms with Crippen LogP contribution in [0.3, 0.4) is 0 Å². The minimum Gasteiger partial charge on any atom is -0.350 e. The van der Waals surface area contributed by atoms with Crippen LogP contribution in [-0.4, -0.2) is 69.2 Å². The summed E-state index contributed by atoms with van der Waals surface area (Å²) in [5.74, 6) is -0.147. The molecule has 0 aliphatic carbocycles. The Balaban J connectivity index is 1.83. The van der Waals surface area contributed by atoms with E-state index in [1.807, 2.05) is 0 Å². The molecule has 9 heteroatoms. The molecule has 28 heavy (non-hydrogen) atoms. The number of piperidine rings is 1. The molecular weight excluding hydrogens is 404 g/mol. The lowest BCUT2D eigenvalue weighted by Crippen LogP contribution is -2.44. The monoisotopic (exact) mass is 430 g/mol. The first-order valence-electron chi connectivity index (χ1n) is 9.70. The normalized spacial score (nSPS) is 21.4. The van der Waals surface area contributed by atoms with Crippen molar-refractivity contribution in [3.8, 4) is 0 Å². The van der Waals surface area contributed by atoms with Gasteiger partial charge < -0.3 is 14.4 Å². The summed E-state index contributed by atoms with van der Waals surface area (Å²) in [4.78, 5) is 14.9. The third-order valence-electron chi connectivity index (χ3n) is 5.29. The third kappa shape index (κ3) is 4.36. The van der Waals surface area contributed by atoms with Gasteiger partial charge in [0.15, 0.2) is 6.29 Å². The molecule has 0 N–H and O–H groups in total. The van der Waals surface area contributed by atoms with Gasteiger partial charge in [-0.05, 0) is 31.0 Å². The maximum Gasteiger partial charge on any atom is 0.255 e. The molecule has 0 aromatic heterocycles. The van der Waals surface area contributed by atoms with Crippen LogP contribution in [-0.2, 0) is 19.5 Å². The molecule has 0 radical (unpaired) electrons. The molecule has 1 aromatic rings. The van der Waals surface area contributed by atoms with Crippen LogP contribution in [0.1, 0.15) is 37.0 Å². The Morgan fingerprint density at radius 3 is 2.57 bits per heavy atom. The van der Waals surface area contributed by atoms with E-state index in [1.54, 1.807) is 18.7 Å². The molecule has 2 aliphatic rings. The van der Waals surface area contributed by atoms with E-state index < -0.39 is 10.0 Å². The summed E-state index contributed by atoms with van der Waals surface area (Å²) in [5.41, 5.74) is 0.212. The van der Waals surface area contributed by atoms with Crippen LogP contribution >= 0.6 is 11.6 Å². The number of halogens is 1. The van der Waals surface area contributed by atoms with E-state index in [4.69, 9.17) is 21.1 Å². The van der Waals surface area contributed by atoms with Crippen molar-refractivity contribution in [3.05, 3.63) is 28.8 Å². The van der Waals surface area contributed by atoms with E-state index in [1.165, 1.54) is 22.5 Å². The van der Waals surface area contributed by atoms with E-state index in [0.29, 0.717) is 39.4 Å². The van der Waals surface area contributed by atoms with Gasteiger partial charge in [0.25, 0.3) is 5.91 Å². The highest BCUT2D eigenvalue weighted by atomic mass is 35.5. The number of nitrogens with zero attached hydrogens (tertiary/aromatic N) is 2. The van der Waals surface area contributed by atoms with Gasteiger partial charge in [-0.3, -0.25) is 4.79 Å². The van der Waals surface area contributed by atoms with Gasteiger partial charge in [0, 0.05) is 32.1 Å². The second-order valence-electron chi connectivity index (χ2n) is 6.99. The summed E-state index contributed by atoms with van der Waals surface area (Å²) < 4.78 is 38.2. The van der Waals surface area contributed by atoms with Gasteiger partial charge in [0.2, 0.25) is 10.0 Å². The number of likely N-dealkylation sites (tertiary alicyclic amines) is 1. The molecule has 2 aliphatic heterocycles. The predicted molar refractivity (Wildman–Crippen MR) is 106 cm³/mol. The fourth-order valence-electron chi connectivity index (χ4n) is 3.78. The van der Waals surface area contributed by atoms with Gasteiger partial charge in [0.1, 0.15) is 0 Å². The molecule has 3 rings (SSSR count). The van der Waals surface area contributed by atoms with Crippen molar-refractivity contribution in [2.24, 2.45) is 5.92 Å². The van der Waals surface area contributed by atoms with Gasteiger partial charge in [-0.15, -0.1) is 0 Å².